The molecule has 1 aliphatic heterocycles. The highest BCUT2D eigenvalue weighted by atomic mass is 19.1. The van der Waals surface area contributed by atoms with Crippen LogP contribution in [-0.4, -0.2) is 30.7 Å². The van der Waals surface area contributed by atoms with Crippen molar-refractivity contribution in [2.45, 2.75) is 52.1 Å². The third-order valence-corrected chi connectivity index (χ3v) is 3.01. The van der Waals surface area contributed by atoms with Crippen LogP contribution in [0.5, 0.6) is 0 Å². The van der Waals surface area contributed by atoms with E-state index in [1.54, 1.807) is 0 Å². The summed E-state index contributed by atoms with van der Waals surface area (Å²) in [5.41, 5.74) is 0.365. The van der Waals surface area contributed by atoms with Crippen molar-refractivity contribution >= 4 is 0 Å². The molecule has 1 nitrogen and oxygen atoms in total. The van der Waals surface area contributed by atoms with Crippen molar-refractivity contribution in [2.75, 3.05) is 13.7 Å². The summed E-state index contributed by atoms with van der Waals surface area (Å²) in [6, 6.07) is 0.785. The van der Waals surface area contributed by atoms with Gasteiger partial charge in [-0.3, -0.25) is 4.90 Å². The third kappa shape index (κ3) is 2.94. The van der Waals surface area contributed by atoms with Crippen LogP contribution in [0.2, 0.25) is 0 Å². The van der Waals surface area contributed by atoms with Crippen LogP contribution in [-0.2, 0) is 0 Å². The summed E-state index contributed by atoms with van der Waals surface area (Å²) in [6.07, 6.45) is 3.39. The minimum atomic E-state index is -0.183. The van der Waals surface area contributed by atoms with Gasteiger partial charge >= 0.3 is 0 Å². The maximum absolute atomic E-state index is 12.5. The predicted molar refractivity (Wildman–Crippen MR) is 54.6 cm³/mol. The summed E-state index contributed by atoms with van der Waals surface area (Å²) in [5.74, 6) is 0. The second-order valence-electron chi connectivity index (χ2n) is 5.47. The zero-order valence-electron chi connectivity index (χ0n) is 9.31. The van der Waals surface area contributed by atoms with Crippen LogP contribution in [0, 0.1) is 5.41 Å². The second-order valence-corrected chi connectivity index (χ2v) is 5.47. The zero-order valence-corrected chi connectivity index (χ0v) is 9.31. The topological polar surface area (TPSA) is 3.24 Å². The number of likely N-dealkylation sites (tertiary alicyclic amines) is 1. The number of hydrogen-bond acceptors (Lipinski definition) is 1. The van der Waals surface area contributed by atoms with Crippen LogP contribution in [0.4, 0.5) is 4.39 Å². The van der Waals surface area contributed by atoms with Crippen molar-refractivity contribution in [3.05, 3.63) is 0 Å². The molecule has 1 saturated heterocycles. The lowest BCUT2D eigenvalue weighted by Gasteiger charge is -2.29. The van der Waals surface area contributed by atoms with Crippen molar-refractivity contribution in [2.24, 2.45) is 5.41 Å². The maximum Gasteiger partial charge on any atom is 0.105 e. The molecule has 2 unspecified atom stereocenters. The third-order valence-electron chi connectivity index (χ3n) is 3.01. The molecule has 0 radical (unpaired) electrons. The van der Waals surface area contributed by atoms with Crippen LogP contribution in [0.3, 0.4) is 0 Å². The SMILES string of the molecule is CN1C(CF)CCC1CC(C)(C)C. The molecule has 2 heteroatoms. The number of alkyl halides is 1. The molecule has 0 saturated carbocycles. The van der Waals surface area contributed by atoms with Gasteiger partial charge in [-0.2, -0.15) is 0 Å². The fourth-order valence-electron chi connectivity index (χ4n) is 2.23. The molecule has 0 amide bonds. The number of hydrogen-bond donors (Lipinski definition) is 0. The summed E-state index contributed by atoms with van der Waals surface area (Å²) in [5, 5.41) is 0. The van der Waals surface area contributed by atoms with Crippen molar-refractivity contribution in [1.29, 1.82) is 0 Å². The second kappa shape index (κ2) is 3.95. The molecule has 0 bridgehead atoms. The van der Waals surface area contributed by atoms with Crippen molar-refractivity contribution < 1.29 is 4.39 Å². The number of halogens is 1. The van der Waals surface area contributed by atoms with Gasteiger partial charge in [0.05, 0.1) is 0 Å². The van der Waals surface area contributed by atoms with E-state index in [9.17, 15) is 4.39 Å². The lowest BCUT2D eigenvalue weighted by Crippen LogP contribution is -2.35. The van der Waals surface area contributed by atoms with Crippen LogP contribution in [0.1, 0.15) is 40.0 Å². The van der Waals surface area contributed by atoms with Gasteiger partial charge in [0.1, 0.15) is 6.67 Å². The maximum atomic E-state index is 12.5. The van der Waals surface area contributed by atoms with Crippen LogP contribution in [0.25, 0.3) is 0 Å². The smallest absolute Gasteiger partial charge is 0.105 e. The Bertz CT molecular complexity index is 162. The van der Waals surface area contributed by atoms with Crippen LogP contribution >= 0.6 is 0 Å². The summed E-state index contributed by atoms with van der Waals surface area (Å²) in [4.78, 5) is 2.23. The van der Waals surface area contributed by atoms with E-state index in [4.69, 9.17) is 0 Å². The lowest BCUT2D eigenvalue weighted by atomic mass is 9.87. The van der Waals surface area contributed by atoms with E-state index in [-0.39, 0.29) is 12.7 Å². The lowest BCUT2D eigenvalue weighted by molar-refractivity contribution is 0.168. The molecule has 0 aliphatic carbocycles. The van der Waals surface area contributed by atoms with Crippen LogP contribution < -0.4 is 0 Å². The van der Waals surface area contributed by atoms with E-state index in [0.717, 1.165) is 6.42 Å². The molecule has 0 aromatic carbocycles. The number of rotatable bonds is 2. The molecule has 1 aliphatic rings. The van der Waals surface area contributed by atoms with Gasteiger partial charge < -0.3 is 0 Å². The van der Waals surface area contributed by atoms with Gasteiger partial charge in [-0.15, -0.1) is 0 Å². The van der Waals surface area contributed by atoms with E-state index < -0.39 is 0 Å². The largest absolute Gasteiger partial charge is 0.298 e. The standard InChI is InChI=1S/C11H22FN/c1-11(2,3)7-9-5-6-10(8-12)13(9)4/h9-10H,5-8H2,1-4H3. The molecular formula is C11H22FN. The van der Waals surface area contributed by atoms with Gasteiger partial charge in [0, 0.05) is 12.1 Å². The Kier molecular flexibility index (Phi) is 3.33. The Hall–Kier alpha value is -0.110. The summed E-state index contributed by atoms with van der Waals surface area (Å²) in [7, 11) is 2.06. The minimum absolute atomic E-state index is 0.183. The van der Waals surface area contributed by atoms with Gasteiger partial charge in [0.15, 0.2) is 0 Å². The van der Waals surface area contributed by atoms with Gasteiger partial charge in [-0.1, -0.05) is 20.8 Å². The summed E-state index contributed by atoms with van der Waals surface area (Å²) < 4.78 is 12.5. The first kappa shape index (κ1) is 11.0. The fraction of sp³-hybridized carbons (Fsp3) is 1.00. The first-order valence-corrected chi connectivity index (χ1v) is 5.22. The fourth-order valence-corrected chi connectivity index (χ4v) is 2.23. The average Bonchev–Trinajstić information content (AvgIpc) is 2.30. The van der Waals surface area contributed by atoms with Crippen molar-refractivity contribution in [1.82, 2.24) is 4.90 Å². The van der Waals surface area contributed by atoms with E-state index in [0.29, 0.717) is 11.5 Å². The van der Waals surface area contributed by atoms with Gasteiger partial charge in [-0.25, -0.2) is 4.39 Å². The molecule has 1 fully saturated rings. The molecule has 0 spiro atoms. The molecular weight excluding hydrogens is 165 g/mol. The van der Waals surface area contributed by atoms with Crippen molar-refractivity contribution in [3.63, 3.8) is 0 Å². The first-order valence-electron chi connectivity index (χ1n) is 5.22. The van der Waals surface area contributed by atoms with E-state index >= 15 is 0 Å². The molecule has 0 N–H and O–H groups in total. The normalized spacial score (nSPS) is 31.2. The van der Waals surface area contributed by atoms with Crippen molar-refractivity contribution in [3.8, 4) is 0 Å². The first-order chi connectivity index (χ1) is 5.94. The van der Waals surface area contributed by atoms with E-state index in [2.05, 4.69) is 32.7 Å². The summed E-state index contributed by atoms with van der Waals surface area (Å²) >= 11 is 0. The van der Waals surface area contributed by atoms with E-state index in [1.165, 1.54) is 12.8 Å². The van der Waals surface area contributed by atoms with Gasteiger partial charge in [0.25, 0.3) is 0 Å². The average molecular weight is 187 g/mol. The van der Waals surface area contributed by atoms with Crippen LogP contribution in [0.15, 0.2) is 0 Å². The highest BCUT2D eigenvalue weighted by Gasteiger charge is 2.32. The van der Waals surface area contributed by atoms with Gasteiger partial charge in [-0.05, 0) is 31.7 Å². The highest BCUT2D eigenvalue weighted by molar-refractivity contribution is 4.87. The predicted octanol–water partition coefficient (Wildman–Crippen LogP) is 2.85. The molecule has 78 valence electrons. The quantitative estimate of drug-likeness (QED) is 0.642. The Balaban J connectivity index is 2.46. The summed E-state index contributed by atoms with van der Waals surface area (Å²) in [6.45, 7) is 6.58. The number of nitrogens with zero attached hydrogens (tertiary/aromatic N) is 1. The minimum Gasteiger partial charge on any atom is -0.298 e. The molecule has 1 heterocycles. The Labute approximate surface area is 81.3 Å². The monoisotopic (exact) mass is 187 g/mol. The van der Waals surface area contributed by atoms with Gasteiger partial charge in [0.2, 0.25) is 0 Å². The zero-order chi connectivity index (χ0) is 10.1. The molecule has 13 heavy (non-hydrogen) atoms. The highest BCUT2D eigenvalue weighted by Crippen LogP contribution is 2.31. The molecule has 0 aromatic heterocycles. The molecule has 1 rings (SSSR count). The molecule has 0 aromatic rings. The Morgan fingerprint density at radius 3 is 2.15 bits per heavy atom. The Morgan fingerprint density at radius 2 is 1.77 bits per heavy atom. The molecule has 2 atom stereocenters. The van der Waals surface area contributed by atoms with E-state index in [1.807, 2.05) is 0 Å². The Morgan fingerprint density at radius 1 is 1.23 bits per heavy atom.